The Morgan fingerprint density at radius 2 is 2.00 bits per heavy atom. The fourth-order valence-corrected chi connectivity index (χ4v) is 7.79. The van der Waals surface area contributed by atoms with Crippen molar-refractivity contribution >= 4 is 31.5 Å². The molecular formula is C3H7BrSi2. The van der Waals surface area contributed by atoms with Crippen LogP contribution in [-0.4, -0.2) is 16.2 Å². The summed E-state index contributed by atoms with van der Waals surface area (Å²) < 4.78 is 0. The normalized spacial score (nSPS) is 29.0. The molecule has 0 amide bonds. The fourth-order valence-electron chi connectivity index (χ4n) is 0.469. The monoisotopic (exact) mass is 178 g/mol. The van der Waals surface area contributed by atoms with Gasteiger partial charge in [-0.05, 0) is 0 Å². The average Bonchev–Trinajstić information content (AvgIpc) is 1.32. The second-order valence-corrected chi connectivity index (χ2v) is 13.9. The van der Waals surface area contributed by atoms with Gasteiger partial charge in [0.15, 0.2) is 0 Å². The Hall–Kier alpha value is 0.914. The molecule has 1 fully saturated rings. The van der Waals surface area contributed by atoms with E-state index in [-0.39, 0.29) is 0 Å². The molecule has 0 N–H and O–H groups in total. The molecule has 0 saturated carbocycles. The van der Waals surface area contributed by atoms with Gasteiger partial charge in [-0.3, -0.25) is 0 Å². The van der Waals surface area contributed by atoms with Crippen LogP contribution in [0.15, 0.2) is 0 Å². The van der Waals surface area contributed by atoms with Gasteiger partial charge in [0, 0.05) is 9.52 Å². The van der Waals surface area contributed by atoms with Gasteiger partial charge in [0.05, 0.1) is 0 Å². The molecule has 1 rings (SSSR count). The minimum absolute atomic E-state index is 0.626. The van der Waals surface area contributed by atoms with E-state index in [2.05, 4.69) is 21.8 Å². The van der Waals surface area contributed by atoms with Crippen molar-refractivity contribution in [2.75, 3.05) is 0 Å². The van der Waals surface area contributed by atoms with Crippen LogP contribution in [0.25, 0.3) is 0 Å². The van der Waals surface area contributed by atoms with Crippen LogP contribution < -0.4 is 0 Å². The van der Waals surface area contributed by atoms with Crippen LogP contribution in [0.3, 0.4) is 0 Å². The molecule has 0 aliphatic carbocycles. The van der Waals surface area contributed by atoms with Gasteiger partial charge >= 0.3 is 0 Å². The summed E-state index contributed by atoms with van der Waals surface area (Å²) in [4.78, 5) is 0. The summed E-state index contributed by atoms with van der Waals surface area (Å²) in [5.74, 6) is 0. The van der Waals surface area contributed by atoms with Crippen LogP contribution in [-0.2, 0) is 0 Å². The van der Waals surface area contributed by atoms with Crippen LogP contribution in [0, 0.1) is 0 Å². The first-order valence-electron chi connectivity index (χ1n) is 2.10. The lowest BCUT2D eigenvalue weighted by Crippen LogP contribution is -2.36. The molecule has 1 aliphatic heterocycles. The van der Waals surface area contributed by atoms with E-state index in [4.69, 9.17) is 0 Å². The Bertz CT molecular complexity index is 55.8. The molecule has 0 nitrogen and oxygen atoms in total. The summed E-state index contributed by atoms with van der Waals surface area (Å²) in [5.41, 5.74) is 3.07. The van der Waals surface area contributed by atoms with Crippen molar-refractivity contribution in [3.63, 3.8) is 0 Å². The zero-order chi connectivity index (χ0) is 4.62. The second-order valence-electron chi connectivity index (χ2n) is 2.02. The van der Waals surface area contributed by atoms with Gasteiger partial charge in [-0.2, -0.15) is 0 Å². The van der Waals surface area contributed by atoms with Crippen molar-refractivity contribution in [3.8, 4) is 0 Å². The zero-order valence-electron chi connectivity index (χ0n) is 3.79. The Labute approximate surface area is 49.7 Å². The Morgan fingerprint density at radius 1 is 1.67 bits per heavy atom. The van der Waals surface area contributed by atoms with Crippen LogP contribution in [0.1, 0.15) is 0 Å². The molecular weight excluding hydrogens is 172 g/mol. The molecule has 1 aliphatic rings. The SMILES string of the molecule is C[Si]1(Br)C[Si]C1. The van der Waals surface area contributed by atoms with Gasteiger partial charge in [-0.25, -0.2) is 0 Å². The predicted octanol–water partition coefficient (Wildman–Crippen LogP) is 1.59. The standard InChI is InChI=1S/C3H7BrSi2/c1-6(4)2-5-3-6/h2-3H2,1H3. The van der Waals surface area contributed by atoms with Crippen LogP contribution in [0.2, 0.25) is 17.9 Å². The smallest absolute Gasteiger partial charge is 0.121 e. The lowest BCUT2D eigenvalue weighted by Gasteiger charge is -2.27. The molecule has 0 aromatic heterocycles. The number of hydrogen-bond acceptors (Lipinski definition) is 0. The van der Waals surface area contributed by atoms with Crippen molar-refractivity contribution in [2.24, 2.45) is 0 Å². The van der Waals surface area contributed by atoms with Gasteiger partial charge in [0.25, 0.3) is 0 Å². The maximum Gasteiger partial charge on any atom is 0.121 e. The van der Waals surface area contributed by atoms with E-state index in [9.17, 15) is 0 Å². The van der Waals surface area contributed by atoms with Crippen molar-refractivity contribution in [2.45, 2.75) is 17.9 Å². The highest BCUT2D eigenvalue weighted by molar-refractivity contribution is 9.26. The molecule has 0 spiro atoms. The van der Waals surface area contributed by atoms with Gasteiger partial charge < -0.3 is 0 Å². The zero-order valence-corrected chi connectivity index (χ0v) is 7.38. The number of halogens is 1. The molecule has 1 heterocycles. The maximum atomic E-state index is 3.71. The molecule has 3 heteroatoms. The summed E-state index contributed by atoms with van der Waals surface area (Å²) in [6.45, 7) is 1.77. The topological polar surface area (TPSA) is 0 Å². The van der Waals surface area contributed by atoms with E-state index < -0.39 is 6.69 Å². The van der Waals surface area contributed by atoms with Gasteiger partial charge in [0.1, 0.15) is 6.69 Å². The lowest BCUT2D eigenvalue weighted by atomic mass is 11.7. The molecule has 0 atom stereocenters. The van der Waals surface area contributed by atoms with E-state index in [1.54, 1.807) is 0 Å². The Morgan fingerprint density at radius 3 is 2.00 bits per heavy atom. The van der Waals surface area contributed by atoms with Crippen molar-refractivity contribution in [3.05, 3.63) is 0 Å². The van der Waals surface area contributed by atoms with Crippen molar-refractivity contribution in [1.82, 2.24) is 0 Å². The first kappa shape index (κ1) is 5.06. The quantitative estimate of drug-likeness (QED) is 0.391. The highest BCUT2D eigenvalue weighted by Crippen LogP contribution is 2.30. The third-order valence-electron chi connectivity index (χ3n) is 0.987. The molecule has 1 saturated heterocycles. The maximum absolute atomic E-state index is 3.71. The van der Waals surface area contributed by atoms with E-state index >= 15 is 0 Å². The first-order chi connectivity index (χ1) is 2.71. The molecule has 2 radical (unpaired) electrons. The molecule has 0 aromatic rings. The first-order valence-corrected chi connectivity index (χ1v) is 8.69. The second kappa shape index (κ2) is 1.45. The fraction of sp³-hybridized carbons (Fsp3) is 1.00. The van der Waals surface area contributed by atoms with E-state index in [0.29, 0.717) is 0 Å². The van der Waals surface area contributed by atoms with Crippen LogP contribution in [0.4, 0.5) is 0 Å². The van der Waals surface area contributed by atoms with Gasteiger partial charge in [-0.1, -0.05) is 17.9 Å². The highest BCUT2D eigenvalue weighted by Gasteiger charge is 2.31. The molecule has 0 bridgehead atoms. The van der Waals surface area contributed by atoms with Gasteiger partial charge in [0.2, 0.25) is 0 Å². The van der Waals surface area contributed by atoms with Gasteiger partial charge in [-0.15, -0.1) is 15.3 Å². The summed E-state index contributed by atoms with van der Waals surface area (Å²) in [6.07, 6.45) is 0. The van der Waals surface area contributed by atoms with Crippen molar-refractivity contribution in [1.29, 1.82) is 0 Å². The molecule has 0 unspecified atom stereocenters. The van der Waals surface area contributed by atoms with E-state index in [0.717, 1.165) is 0 Å². The summed E-state index contributed by atoms with van der Waals surface area (Å²) in [7, 11) is 1.29. The third-order valence-corrected chi connectivity index (χ3v) is 13.9. The predicted molar refractivity (Wildman–Crippen MR) is 35.9 cm³/mol. The summed E-state index contributed by atoms with van der Waals surface area (Å²) in [5, 5.41) is 0. The number of rotatable bonds is 0. The van der Waals surface area contributed by atoms with Crippen LogP contribution in [0.5, 0.6) is 0 Å². The van der Waals surface area contributed by atoms with Crippen molar-refractivity contribution < 1.29 is 0 Å². The van der Waals surface area contributed by atoms with Crippen LogP contribution >= 0.6 is 15.3 Å². The average molecular weight is 179 g/mol. The van der Waals surface area contributed by atoms with E-state index in [1.807, 2.05) is 0 Å². The highest BCUT2D eigenvalue weighted by atomic mass is 79.9. The minimum Gasteiger partial charge on any atom is -0.127 e. The molecule has 0 aromatic carbocycles. The third kappa shape index (κ3) is 0.947. The van der Waals surface area contributed by atoms with E-state index in [1.165, 1.54) is 20.9 Å². The minimum atomic E-state index is -0.626. The summed E-state index contributed by atoms with van der Waals surface area (Å²) in [6, 6.07) is 0. The Kier molecular flexibility index (Phi) is 1.22. The summed E-state index contributed by atoms with van der Waals surface area (Å²) >= 11 is 3.71. The largest absolute Gasteiger partial charge is 0.127 e. The lowest BCUT2D eigenvalue weighted by molar-refractivity contribution is 1.58. The Balaban J connectivity index is 2.31. The molecule has 34 valence electrons. The number of hydrogen-bond donors (Lipinski definition) is 0. The molecule has 6 heavy (non-hydrogen) atoms.